The molecule has 0 fully saturated rings. The Kier molecular flexibility index (Phi) is 4.72. The molecule has 4 nitrogen and oxygen atoms in total. The Balaban J connectivity index is 2.73. The van der Waals surface area contributed by atoms with Gasteiger partial charge in [0.2, 0.25) is 0 Å². The van der Waals surface area contributed by atoms with Gasteiger partial charge in [-0.25, -0.2) is 0 Å². The minimum atomic E-state index is -3.65. The van der Waals surface area contributed by atoms with Gasteiger partial charge in [0.25, 0.3) is 10.1 Å². The third-order valence-corrected chi connectivity index (χ3v) is 3.48. The van der Waals surface area contributed by atoms with Crippen molar-refractivity contribution in [3.63, 3.8) is 0 Å². The van der Waals surface area contributed by atoms with Crippen molar-refractivity contribution < 1.29 is 17.3 Å². The van der Waals surface area contributed by atoms with Crippen LogP contribution in [-0.4, -0.2) is 28.7 Å². The molecule has 0 unspecified atom stereocenters. The molecule has 0 aliphatic heterocycles. The summed E-state index contributed by atoms with van der Waals surface area (Å²) in [5.41, 5.74) is 0. The van der Waals surface area contributed by atoms with E-state index >= 15 is 0 Å². The van der Waals surface area contributed by atoms with Crippen molar-refractivity contribution in [1.82, 2.24) is 0 Å². The maximum Gasteiger partial charge on any atom is 0.297 e. The number of ether oxygens (including phenoxy) is 1. The van der Waals surface area contributed by atoms with Gasteiger partial charge in [-0.05, 0) is 24.3 Å². The van der Waals surface area contributed by atoms with Crippen LogP contribution >= 0.6 is 15.9 Å². The fourth-order valence-corrected chi connectivity index (χ4v) is 2.05. The zero-order valence-corrected chi connectivity index (χ0v) is 10.5. The van der Waals surface area contributed by atoms with Crippen molar-refractivity contribution >= 4 is 26.0 Å². The lowest BCUT2D eigenvalue weighted by atomic mass is 10.4. The van der Waals surface area contributed by atoms with Crippen molar-refractivity contribution in [1.29, 1.82) is 0 Å². The lowest BCUT2D eigenvalue weighted by Crippen LogP contribution is -2.10. The van der Waals surface area contributed by atoms with E-state index in [0.29, 0.717) is 0 Å². The Hall–Kier alpha value is -0.430. The molecule has 1 aromatic rings. The summed E-state index contributed by atoms with van der Waals surface area (Å²) in [6.45, 7) is 0.269. The molecular weight excluding hydrogens is 284 g/mol. The Bertz CT molecular complexity index is 399. The van der Waals surface area contributed by atoms with Crippen molar-refractivity contribution in [2.45, 2.75) is 4.90 Å². The Labute approximate surface area is 97.5 Å². The number of hydrogen-bond donors (Lipinski definition) is 0. The predicted molar refractivity (Wildman–Crippen MR) is 59.2 cm³/mol. The number of hydrogen-bond acceptors (Lipinski definition) is 4. The zero-order chi connectivity index (χ0) is 11.3. The van der Waals surface area contributed by atoms with Crippen molar-refractivity contribution in [3.8, 4) is 0 Å². The molecule has 6 heteroatoms. The molecular formula is C9H11BrO4S. The van der Waals surface area contributed by atoms with Crippen molar-refractivity contribution in [2.24, 2.45) is 0 Å². The van der Waals surface area contributed by atoms with Gasteiger partial charge in [0.15, 0.2) is 0 Å². The van der Waals surface area contributed by atoms with Crippen molar-refractivity contribution in [2.75, 3.05) is 20.3 Å². The standard InChI is InChI=1S/C9H11BrO4S/c1-13-6-7-14-15(11,12)9-4-2-8(10)3-5-9/h2-5H,6-7H2,1H3. The van der Waals surface area contributed by atoms with Gasteiger partial charge in [-0.3, -0.25) is 4.18 Å². The van der Waals surface area contributed by atoms with E-state index in [-0.39, 0.29) is 18.1 Å². The lowest BCUT2D eigenvalue weighted by molar-refractivity contribution is 0.149. The second-order valence-electron chi connectivity index (χ2n) is 2.72. The molecule has 84 valence electrons. The summed E-state index contributed by atoms with van der Waals surface area (Å²) in [6, 6.07) is 6.25. The third-order valence-electron chi connectivity index (χ3n) is 1.63. The van der Waals surface area contributed by atoms with Crippen LogP contribution in [-0.2, 0) is 19.0 Å². The fourth-order valence-electron chi connectivity index (χ4n) is 0.896. The second-order valence-corrected chi connectivity index (χ2v) is 5.25. The molecule has 0 N–H and O–H groups in total. The molecule has 0 saturated heterocycles. The normalized spacial score (nSPS) is 11.6. The summed E-state index contributed by atoms with van der Waals surface area (Å²) >= 11 is 3.22. The Morgan fingerprint density at radius 2 is 1.80 bits per heavy atom. The minimum Gasteiger partial charge on any atom is -0.382 e. The molecule has 0 saturated carbocycles. The molecule has 0 bridgehead atoms. The number of rotatable bonds is 5. The monoisotopic (exact) mass is 294 g/mol. The van der Waals surface area contributed by atoms with Gasteiger partial charge in [-0.15, -0.1) is 0 Å². The molecule has 15 heavy (non-hydrogen) atoms. The van der Waals surface area contributed by atoms with Crippen LogP contribution < -0.4 is 0 Å². The molecule has 1 rings (SSSR count). The number of benzene rings is 1. The van der Waals surface area contributed by atoms with Gasteiger partial charge in [-0.1, -0.05) is 15.9 Å². The van der Waals surface area contributed by atoms with Crippen LogP contribution in [0.4, 0.5) is 0 Å². The van der Waals surface area contributed by atoms with Gasteiger partial charge in [0, 0.05) is 11.6 Å². The van der Waals surface area contributed by atoms with E-state index in [1.807, 2.05) is 0 Å². The molecule has 0 aromatic heterocycles. The molecule has 0 spiro atoms. The van der Waals surface area contributed by atoms with Gasteiger partial charge in [-0.2, -0.15) is 8.42 Å². The fraction of sp³-hybridized carbons (Fsp3) is 0.333. The highest BCUT2D eigenvalue weighted by Crippen LogP contribution is 2.16. The van der Waals surface area contributed by atoms with E-state index in [1.54, 1.807) is 12.1 Å². The van der Waals surface area contributed by atoms with Crippen LogP contribution in [0.15, 0.2) is 33.6 Å². The molecule has 0 atom stereocenters. The quantitative estimate of drug-likeness (QED) is 0.614. The Morgan fingerprint density at radius 3 is 2.33 bits per heavy atom. The number of methoxy groups -OCH3 is 1. The summed E-state index contributed by atoms with van der Waals surface area (Å²) in [5.74, 6) is 0. The first kappa shape index (κ1) is 12.6. The average Bonchev–Trinajstić information content (AvgIpc) is 2.18. The molecule has 1 aromatic carbocycles. The predicted octanol–water partition coefficient (Wildman–Crippen LogP) is 1.80. The largest absolute Gasteiger partial charge is 0.382 e. The third kappa shape index (κ3) is 3.90. The molecule has 0 amide bonds. The molecule has 0 aliphatic rings. The highest BCUT2D eigenvalue weighted by molar-refractivity contribution is 9.10. The van der Waals surface area contributed by atoms with Crippen LogP contribution in [0.2, 0.25) is 0 Å². The van der Waals surface area contributed by atoms with Crippen molar-refractivity contribution in [3.05, 3.63) is 28.7 Å². The highest BCUT2D eigenvalue weighted by Gasteiger charge is 2.14. The van der Waals surface area contributed by atoms with E-state index in [2.05, 4.69) is 15.9 Å². The van der Waals surface area contributed by atoms with Crippen LogP contribution in [0.5, 0.6) is 0 Å². The summed E-state index contributed by atoms with van der Waals surface area (Å²) < 4.78 is 33.3. The summed E-state index contributed by atoms with van der Waals surface area (Å²) in [7, 11) is -2.17. The van der Waals surface area contributed by atoms with E-state index in [9.17, 15) is 8.42 Å². The van der Waals surface area contributed by atoms with Crippen LogP contribution in [0, 0.1) is 0 Å². The van der Waals surface area contributed by atoms with Gasteiger partial charge < -0.3 is 4.74 Å². The smallest absolute Gasteiger partial charge is 0.297 e. The Morgan fingerprint density at radius 1 is 1.20 bits per heavy atom. The minimum absolute atomic E-state index is 0.0227. The van der Waals surface area contributed by atoms with E-state index in [1.165, 1.54) is 19.2 Å². The molecule has 0 aliphatic carbocycles. The average molecular weight is 295 g/mol. The van der Waals surface area contributed by atoms with Crippen LogP contribution in [0.3, 0.4) is 0 Å². The first-order chi connectivity index (χ1) is 7.06. The van der Waals surface area contributed by atoms with Gasteiger partial charge >= 0.3 is 0 Å². The molecule has 0 heterocycles. The summed E-state index contributed by atoms with van der Waals surface area (Å²) in [4.78, 5) is 0.141. The zero-order valence-electron chi connectivity index (χ0n) is 8.14. The maximum atomic E-state index is 11.5. The van der Waals surface area contributed by atoms with E-state index in [4.69, 9.17) is 8.92 Å². The van der Waals surface area contributed by atoms with E-state index in [0.717, 1.165) is 4.47 Å². The van der Waals surface area contributed by atoms with E-state index < -0.39 is 10.1 Å². The summed E-state index contributed by atoms with van der Waals surface area (Å²) in [5, 5.41) is 0. The first-order valence-electron chi connectivity index (χ1n) is 4.20. The van der Waals surface area contributed by atoms with Crippen LogP contribution in [0.1, 0.15) is 0 Å². The first-order valence-corrected chi connectivity index (χ1v) is 6.40. The SMILES string of the molecule is COCCOS(=O)(=O)c1ccc(Br)cc1. The topological polar surface area (TPSA) is 52.6 Å². The van der Waals surface area contributed by atoms with Crippen LogP contribution in [0.25, 0.3) is 0 Å². The number of halogens is 1. The highest BCUT2D eigenvalue weighted by atomic mass is 79.9. The lowest BCUT2D eigenvalue weighted by Gasteiger charge is -2.04. The van der Waals surface area contributed by atoms with Gasteiger partial charge in [0.1, 0.15) is 0 Å². The maximum absolute atomic E-state index is 11.5. The second kappa shape index (κ2) is 5.60. The summed E-state index contributed by atoms with van der Waals surface area (Å²) in [6.07, 6.45) is 0. The molecule has 0 radical (unpaired) electrons. The van der Waals surface area contributed by atoms with Gasteiger partial charge in [0.05, 0.1) is 18.1 Å².